The molecule has 2 rings (SSSR count). The lowest BCUT2D eigenvalue weighted by molar-refractivity contribution is -0.159. The van der Waals surface area contributed by atoms with Crippen LogP contribution in [0.4, 0.5) is 0 Å². The standard InChI is InChI=1S/C14H24N2O3/c1-5-14(3)13(18)16(9(2)8-19-4)11(10-6-7-10)12(17)15-14/h9-11H,5-8H2,1-4H3,(H,15,17). The number of ether oxygens (including phenoxy) is 1. The lowest BCUT2D eigenvalue weighted by atomic mass is 9.89. The molecule has 0 radical (unpaired) electrons. The Hall–Kier alpha value is -1.10. The van der Waals surface area contributed by atoms with Gasteiger partial charge in [0, 0.05) is 7.11 Å². The molecule has 3 atom stereocenters. The second-order valence-corrected chi connectivity index (χ2v) is 5.97. The monoisotopic (exact) mass is 268 g/mol. The first-order chi connectivity index (χ1) is 8.94. The van der Waals surface area contributed by atoms with Crippen molar-refractivity contribution in [3.63, 3.8) is 0 Å². The van der Waals surface area contributed by atoms with Crippen molar-refractivity contribution in [1.29, 1.82) is 0 Å². The maximum absolute atomic E-state index is 12.7. The molecule has 5 nitrogen and oxygen atoms in total. The van der Waals surface area contributed by atoms with E-state index in [2.05, 4.69) is 5.32 Å². The molecule has 0 spiro atoms. The summed E-state index contributed by atoms with van der Waals surface area (Å²) in [6, 6.07) is -0.378. The lowest BCUT2D eigenvalue weighted by Gasteiger charge is -2.46. The summed E-state index contributed by atoms with van der Waals surface area (Å²) >= 11 is 0. The SMILES string of the molecule is CCC1(C)NC(=O)C(C2CC2)N(C(C)COC)C1=O. The molecular weight excluding hydrogens is 244 g/mol. The largest absolute Gasteiger partial charge is 0.383 e. The van der Waals surface area contributed by atoms with Gasteiger partial charge < -0.3 is 15.0 Å². The van der Waals surface area contributed by atoms with Crippen LogP contribution in [0, 0.1) is 5.92 Å². The zero-order chi connectivity index (χ0) is 14.2. The molecule has 0 aromatic rings. The van der Waals surface area contributed by atoms with E-state index in [1.165, 1.54) is 0 Å². The van der Waals surface area contributed by atoms with E-state index in [0.717, 1.165) is 12.8 Å². The van der Waals surface area contributed by atoms with Crippen LogP contribution in [0.2, 0.25) is 0 Å². The number of hydrogen-bond donors (Lipinski definition) is 1. The third kappa shape index (κ3) is 2.48. The molecular formula is C14H24N2O3. The van der Waals surface area contributed by atoms with Crippen molar-refractivity contribution in [1.82, 2.24) is 10.2 Å². The second kappa shape index (κ2) is 5.12. The van der Waals surface area contributed by atoms with Crippen molar-refractivity contribution < 1.29 is 14.3 Å². The Bertz CT molecular complexity index is 381. The summed E-state index contributed by atoms with van der Waals surface area (Å²) < 4.78 is 5.17. The van der Waals surface area contributed by atoms with E-state index in [0.29, 0.717) is 18.9 Å². The number of piperazine rings is 1. The minimum Gasteiger partial charge on any atom is -0.383 e. The van der Waals surface area contributed by atoms with E-state index < -0.39 is 5.54 Å². The summed E-state index contributed by atoms with van der Waals surface area (Å²) in [6.45, 7) is 6.14. The molecule has 2 amide bonds. The summed E-state index contributed by atoms with van der Waals surface area (Å²) in [5, 5.41) is 2.92. The Morgan fingerprint density at radius 1 is 1.47 bits per heavy atom. The number of methoxy groups -OCH3 is 1. The van der Waals surface area contributed by atoms with Crippen LogP contribution < -0.4 is 5.32 Å². The van der Waals surface area contributed by atoms with Gasteiger partial charge in [-0.05, 0) is 39.0 Å². The highest BCUT2D eigenvalue weighted by Gasteiger charge is 2.53. The van der Waals surface area contributed by atoms with Crippen molar-refractivity contribution in [3.05, 3.63) is 0 Å². The maximum Gasteiger partial charge on any atom is 0.249 e. The number of nitrogens with one attached hydrogen (secondary N) is 1. The van der Waals surface area contributed by atoms with Crippen LogP contribution in [-0.2, 0) is 14.3 Å². The van der Waals surface area contributed by atoms with E-state index in [9.17, 15) is 9.59 Å². The van der Waals surface area contributed by atoms with Crippen LogP contribution in [-0.4, -0.2) is 48.1 Å². The summed E-state index contributed by atoms with van der Waals surface area (Å²) in [6.07, 6.45) is 2.67. The second-order valence-electron chi connectivity index (χ2n) is 5.97. The first kappa shape index (κ1) is 14.3. The number of amides is 2. The highest BCUT2D eigenvalue weighted by atomic mass is 16.5. The summed E-state index contributed by atoms with van der Waals surface area (Å²) in [4.78, 5) is 26.9. The fourth-order valence-corrected chi connectivity index (χ4v) is 2.83. The molecule has 0 bridgehead atoms. The summed E-state index contributed by atoms with van der Waals surface area (Å²) in [5.41, 5.74) is -0.773. The van der Waals surface area contributed by atoms with Crippen molar-refractivity contribution in [2.24, 2.45) is 5.92 Å². The molecule has 19 heavy (non-hydrogen) atoms. The number of nitrogens with zero attached hydrogens (tertiary/aromatic N) is 1. The topological polar surface area (TPSA) is 58.6 Å². The van der Waals surface area contributed by atoms with Gasteiger partial charge in [0.2, 0.25) is 11.8 Å². The van der Waals surface area contributed by atoms with E-state index in [-0.39, 0.29) is 23.9 Å². The van der Waals surface area contributed by atoms with Gasteiger partial charge in [-0.2, -0.15) is 0 Å². The third-order valence-corrected chi connectivity index (χ3v) is 4.33. The number of carbonyl (C=O) groups is 2. The van der Waals surface area contributed by atoms with Crippen molar-refractivity contribution in [3.8, 4) is 0 Å². The summed E-state index contributed by atoms with van der Waals surface area (Å²) in [5.74, 6) is 0.343. The van der Waals surface area contributed by atoms with Gasteiger partial charge in [0.15, 0.2) is 0 Å². The Balaban J connectivity index is 2.29. The van der Waals surface area contributed by atoms with Crippen LogP contribution >= 0.6 is 0 Å². The molecule has 108 valence electrons. The van der Waals surface area contributed by atoms with Gasteiger partial charge >= 0.3 is 0 Å². The predicted octanol–water partition coefficient (Wildman–Crippen LogP) is 0.927. The third-order valence-electron chi connectivity index (χ3n) is 4.33. The van der Waals surface area contributed by atoms with Crippen LogP contribution in [0.25, 0.3) is 0 Å². The average Bonchev–Trinajstić information content (AvgIpc) is 3.17. The van der Waals surface area contributed by atoms with Gasteiger partial charge in [-0.1, -0.05) is 6.92 Å². The zero-order valence-corrected chi connectivity index (χ0v) is 12.2. The minimum absolute atomic E-state index is 0.00518. The summed E-state index contributed by atoms with van der Waals surface area (Å²) in [7, 11) is 1.62. The first-order valence-electron chi connectivity index (χ1n) is 7.08. The van der Waals surface area contributed by atoms with Crippen LogP contribution in [0.3, 0.4) is 0 Å². The van der Waals surface area contributed by atoms with Crippen LogP contribution in [0.5, 0.6) is 0 Å². The van der Waals surface area contributed by atoms with Gasteiger partial charge in [-0.15, -0.1) is 0 Å². The van der Waals surface area contributed by atoms with E-state index in [4.69, 9.17) is 4.74 Å². The van der Waals surface area contributed by atoms with Gasteiger partial charge in [0.05, 0.1) is 12.6 Å². The number of rotatable bonds is 5. The Kier molecular flexibility index (Phi) is 3.85. The average molecular weight is 268 g/mol. The quantitative estimate of drug-likeness (QED) is 0.807. The van der Waals surface area contributed by atoms with E-state index in [1.807, 2.05) is 20.8 Å². The molecule has 1 aliphatic heterocycles. The van der Waals surface area contributed by atoms with Crippen molar-refractivity contribution >= 4 is 11.8 Å². The molecule has 5 heteroatoms. The fourth-order valence-electron chi connectivity index (χ4n) is 2.83. The van der Waals surface area contributed by atoms with Gasteiger partial charge in [0.25, 0.3) is 0 Å². The Labute approximate surface area is 114 Å². The molecule has 1 N–H and O–H groups in total. The maximum atomic E-state index is 12.7. The minimum atomic E-state index is -0.773. The highest BCUT2D eigenvalue weighted by Crippen LogP contribution is 2.39. The fraction of sp³-hybridized carbons (Fsp3) is 0.857. The smallest absolute Gasteiger partial charge is 0.249 e. The first-order valence-corrected chi connectivity index (χ1v) is 7.08. The van der Waals surface area contributed by atoms with Crippen molar-refractivity contribution in [2.45, 2.75) is 57.7 Å². The molecule has 3 unspecified atom stereocenters. The van der Waals surface area contributed by atoms with Gasteiger partial charge in [-0.3, -0.25) is 9.59 Å². The van der Waals surface area contributed by atoms with Crippen molar-refractivity contribution in [2.75, 3.05) is 13.7 Å². The molecule has 1 saturated heterocycles. The molecule has 1 heterocycles. The van der Waals surface area contributed by atoms with Gasteiger partial charge in [0.1, 0.15) is 11.6 Å². The lowest BCUT2D eigenvalue weighted by Crippen LogP contribution is -2.71. The molecule has 2 aliphatic rings. The van der Waals surface area contributed by atoms with Gasteiger partial charge in [-0.25, -0.2) is 0 Å². The Morgan fingerprint density at radius 3 is 2.58 bits per heavy atom. The van der Waals surface area contributed by atoms with Crippen LogP contribution in [0.15, 0.2) is 0 Å². The molecule has 0 aromatic heterocycles. The normalized spacial score (nSPS) is 33.3. The Morgan fingerprint density at radius 2 is 2.11 bits per heavy atom. The molecule has 0 aromatic carbocycles. The number of hydrogen-bond acceptors (Lipinski definition) is 3. The molecule has 1 aliphatic carbocycles. The predicted molar refractivity (Wildman–Crippen MR) is 71.5 cm³/mol. The van der Waals surface area contributed by atoms with E-state index in [1.54, 1.807) is 12.0 Å². The number of carbonyl (C=O) groups excluding carboxylic acids is 2. The molecule has 2 fully saturated rings. The van der Waals surface area contributed by atoms with E-state index >= 15 is 0 Å². The molecule has 1 saturated carbocycles. The van der Waals surface area contributed by atoms with Crippen LogP contribution in [0.1, 0.15) is 40.0 Å². The zero-order valence-electron chi connectivity index (χ0n) is 12.2. The highest BCUT2D eigenvalue weighted by molar-refractivity contribution is 6.00.